The molecule has 0 aromatic heterocycles. The number of anilines is 2. The molecule has 0 spiro atoms. The van der Waals surface area contributed by atoms with Gasteiger partial charge in [-0.3, -0.25) is 9.59 Å². The summed E-state index contributed by atoms with van der Waals surface area (Å²) >= 11 is 6.20. The Balaban J connectivity index is 1.75. The van der Waals surface area contributed by atoms with Crippen LogP contribution in [0.1, 0.15) is 25.0 Å². The number of fused-ring (bicyclic) bond motifs is 1. The molecule has 37 heavy (non-hydrogen) atoms. The molecular weight excluding hydrogens is 488 g/mol. The summed E-state index contributed by atoms with van der Waals surface area (Å²) in [5, 5.41) is 5.87. The van der Waals surface area contributed by atoms with Crippen molar-refractivity contribution in [3.05, 3.63) is 101 Å². The van der Waals surface area contributed by atoms with Gasteiger partial charge in [0.2, 0.25) is 5.91 Å². The number of carbonyl (C=O) groups is 3. The maximum Gasteiger partial charge on any atom is 0.320 e. The molecule has 8 heteroatoms. The van der Waals surface area contributed by atoms with Crippen LogP contribution >= 0.6 is 11.6 Å². The highest BCUT2D eigenvalue weighted by Gasteiger charge is 2.33. The predicted octanol–water partition coefficient (Wildman–Crippen LogP) is 5.18. The fourth-order valence-electron chi connectivity index (χ4n) is 4.36. The van der Waals surface area contributed by atoms with E-state index in [1.54, 1.807) is 35.2 Å². The third-order valence-corrected chi connectivity index (χ3v) is 6.58. The molecule has 3 aromatic rings. The van der Waals surface area contributed by atoms with Crippen LogP contribution in [0.2, 0.25) is 5.02 Å². The molecule has 0 saturated carbocycles. The van der Waals surface area contributed by atoms with Gasteiger partial charge in [-0.1, -0.05) is 72.3 Å². The molecule has 3 aromatic carbocycles. The number of hydrogen-bond donors (Lipinski definition) is 2. The number of benzene rings is 3. The van der Waals surface area contributed by atoms with E-state index in [0.717, 1.165) is 16.7 Å². The summed E-state index contributed by atoms with van der Waals surface area (Å²) < 4.78 is 0. The molecule has 0 bridgehead atoms. The maximum absolute atomic E-state index is 13.9. The van der Waals surface area contributed by atoms with Crippen molar-refractivity contribution < 1.29 is 14.4 Å². The van der Waals surface area contributed by atoms with Gasteiger partial charge in [-0.05, 0) is 49.3 Å². The number of urea groups is 1. The van der Waals surface area contributed by atoms with E-state index >= 15 is 0 Å². The Labute approximate surface area is 221 Å². The molecule has 1 aliphatic heterocycles. The van der Waals surface area contributed by atoms with E-state index in [1.807, 2.05) is 68.4 Å². The van der Waals surface area contributed by atoms with Crippen LogP contribution in [0.5, 0.6) is 0 Å². The van der Waals surface area contributed by atoms with Gasteiger partial charge >= 0.3 is 6.03 Å². The maximum atomic E-state index is 13.9. The second-order valence-corrected chi connectivity index (χ2v) is 8.92. The third kappa shape index (κ3) is 5.84. The summed E-state index contributed by atoms with van der Waals surface area (Å²) in [6, 6.07) is 22.4. The highest BCUT2D eigenvalue weighted by molar-refractivity contribution is 6.33. The summed E-state index contributed by atoms with van der Waals surface area (Å²) in [4.78, 5) is 43.1. The molecule has 0 aliphatic carbocycles. The second-order valence-electron chi connectivity index (χ2n) is 8.51. The molecule has 190 valence electrons. The molecule has 1 aliphatic rings. The van der Waals surface area contributed by atoms with Crippen molar-refractivity contribution in [3.63, 3.8) is 0 Å². The average Bonchev–Trinajstić information content (AvgIpc) is 3.02. The van der Waals surface area contributed by atoms with E-state index in [0.29, 0.717) is 29.5 Å². The van der Waals surface area contributed by atoms with Gasteiger partial charge in [0, 0.05) is 18.7 Å². The Hall–Kier alpha value is -4.10. The van der Waals surface area contributed by atoms with Crippen molar-refractivity contribution in [2.24, 2.45) is 0 Å². The zero-order valence-corrected chi connectivity index (χ0v) is 21.5. The van der Waals surface area contributed by atoms with Gasteiger partial charge in [0.15, 0.2) is 0 Å². The largest absolute Gasteiger partial charge is 0.342 e. The molecule has 2 N–H and O–H groups in total. The van der Waals surface area contributed by atoms with Gasteiger partial charge in [0.05, 0.1) is 16.4 Å². The SMILES string of the molecule is CCN(CC)C(=O)CN1C(=O)C(NC(=O)Nc2ccccc2Cl)C=C(c2ccccc2)c2ccccc21. The number of rotatable bonds is 7. The van der Waals surface area contributed by atoms with Gasteiger partial charge in [-0.25, -0.2) is 4.79 Å². The minimum Gasteiger partial charge on any atom is -0.342 e. The molecule has 0 radical (unpaired) electrons. The number of nitrogens with one attached hydrogen (secondary N) is 2. The van der Waals surface area contributed by atoms with Gasteiger partial charge in [0.1, 0.15) is 12.6 Å². The summed E-state index contributed by atoms with van der Waals surface area (Å²) in [6.45, 7) is 4.73. The smallest absolute Gasteiger partial charge is 0.320 e. The number of nitrogens with zero attached hydrogens (tertiary/aromatic N) is 2. The van der Waals surface area contributed by atoms with Crippen molar-refractivity contribution in [3.8, 4) is 0 Å². The van der Waals surface area contributed by atoms with Gasteiger partial charge < -0.3 is 20.4 Å². The summed E-state index contributed by atoms with van der Waals surface area (Å²) in [6.07, 6.45) is 1.74. The van der Waals surface area contributed by atoms with E-state index in [-0.39, 0.29) is 12.5 Å². The summed E-state index contributed by atoms with van der Waals surface area (Å²) in [5.74, 6) is -0.580. The van der Waals surface area contributed by atoms with Crippen LogP contribution < -0.4 is 15.5 Å². The van der Waals surface area contributed by atoms with Crippen LogP contribution in [0.15, 0.2) is 84.9 Å². The standard InChI is InChI=1S/C29H29ClN4O3/c1-3-33(4-2)27(35)19-34-26-17-11-8-14-21(26)22(20-12-6-5-7-13-20)18-25(28(34)36)32-29(37)31-24-16-10-9-15-23(24)30/h5-18,25H,3-4,19H2,1-2H3,(H2,31,32,37). The molecular formula is C29H29ClN4O3. The lowest BCUT2D eigenvalue weighted by atomic mass is 9.95. The summed E-state index contributed by atoms with van der Waals surface area (Å²) in [5.41, 5.74) is 3.50. The first-order valence-corrected chi connectivity index (χ1v) is 12.6. The number of para-hydroxylation sites is 2. The van der Waals surface area contributed by atoms with Crippen LogP contribution in [0.25, 0.3) is 5.57 Å². The lowest BCUT2D eigenvalue weighted by Crippen LogP contribution is -2.51. The Morgan fingerprint density at radius 1 is 0.919 bits per heavy atom. The highest BCUT2D eigenvalue weighted by Crippen LogP contribution is 2.35. The van der Waals surface area contributed by atoms with E-state index in [1.165, 1.54) is 4.90 Å². The number of halogens is 1. The number of hydrogen-bond acceptors (Lipinski definition) is 3. The minimum absolute atomic E-state index is 0.141. The number of amides is 4. The van der Waals surface area contributed by atoms with Crippen LogP contribution in [-0.4, -0.2) is 48.4 Å². The van der Waals surface area contributed by atoms with Gasteiger partial charge in [0.25, 0.3) is 5.91 Å². The Bertz CT molecular complexity index is 1320. The van der Waals surface area contributed by atoms with E-state index in [2.05, 4.69) is 10.6 Å². The monoisotopic (exact) mass is 516 g/mol. The van der Waals surface area contributed by atoms with Crippen LogP contribution in [0.4, 0.5) is 16.2 Å². The molecule has 0 saturated heterocycles. The van der Waals surface area contributed by atoms with Crippen molar-refractivity contribution in [2.45, 2.75) is 19.9 Å². The quantitative estimate of drug-likeness (QED) is 0.454. The topological polar surface area (TPSA) is 81.8 Å². The average molecular weight is 517 g/mol. The predicted molar refractivity (Wildman–Crippen MR) is 148 cm³/mol. The number of carbonyl (C=O) groups excluding carboxylic acids is 3. The van der Waals surface area contributed by atoms with Gasteiger partial charge in [-0.2, -0.15) is 0 Å². The molecule has 0 fully saturated rings. The number of likely N-dealkylation sites (N-methyl/N-ethyl adjacent to an activating group) is 1. The fourth-order valence-corrected chi connectivity index (χ4v) is 4.54. The van der Waals surface area contributed by atoms with E-state index < -0.39 is 18.0 Å². The second kappa shape index (κ2) is 11.8. The minimum atomic E-state index is -1.03. The van der Waals surface area contributed by atoms with E-state index in [4.69, 9.17) is 11.6 Å². The van der Waals surface area contributed by atoms with Gasteiger partial charge in [-0.15, -0.1) is 0 Å². The Morgan fingerprint density at radius 2 is 1.57 bits per heavy atom. The molecule has 1 unspecified atom stereocenters. The first-order valence-electron chi connectivity index (χ1n) is 12.2. The third-order valence-electron chi connectivity index (χ3n) is 6.25. The molecule has 7 nitrogen and oxygen atoms in total. The van der Waals surface area contributed by atoms with Crippen LogP contribution in [-0.2, 0) is 9.59 Å². The Kier molecular flexibility index (Phi) is 8.25. The Morgan fingerprint density at radius 3 is 2.27 bits per heavy atom. The van der Waals surface area contributed by atoms with Crippen molar-refractivity contribution in [1.82, 2.24) is 10.2 Å². The molecule has 4 amide bonds. The van der Waals surface area contributed by atoms with Crippen molar-refractivity contribution >= 4 is 46.4 Å². The lowest BCUT2D eigenvalue weighted by molar-refractivity contribution is -0.131. The van der Waals surface area contributed by atoms with Crippen molar-refractivity contribution in [1.29, 1.82) is 0 Å². The zero-order chi connectivity index (χ0) is 26.4. The van der Waals surface area contributed by atoms with Crippen molar-refractivity contribution in [2.75, 3.05) is 29.9 Å². The fraction of sp³-hybridized carbons (Fsp3) is 0.207. The zero-order valence-electron chi connectivity index (χ0n) is 20.8. The first-order chi connectivity index (χ1) is 17.9. The lowest BCUT2D eigenvalue weighted by Gasteiger charge is -2.28. The van der Waals surface area contributed by atoms with E-state index in [9.17, 15) is 14.4 Å². The van der Waals surface area contributed by atoms with Crippen LogP contribution in [0.3, 0.4) is 0 Å². The van der Waals surface area contributed by atoms with Crippen LogP contribution in [0, 0.1) is 0 Å². The molecule has 1 atom stereocenters. The summed E-state index contributed by atoms with van der Waals surface area (Å²) in [7, 11) is 0. The normalized spacial score (nSPS) is 14.8. The molecule has 4 rings (SSSR count). The molecule has 1 heterocycles. The highest BCUT2D eigenvalue weighted by atomic mass is 35.5. The first kappa shape index (κ1) is 26.0.